The van der Waals surface area contributed by atoms with Gasteiger partial charge in [-0.25, -0.2) is 0 Å². The third-order valence-electron chi connectivity index (χ3n) is 1.22. The molecule has 0 amide bonds. The van der Waals surface area contributed by atoms with E-state index in [0.717, 1.165) is 11.8 Å². The first kappa shape index (κ1) is 8.02. The Morgan fingerprint density at radius 1 is 1.36 bits per heavy atom. The zero-order valence-electron chi connectivity index (χ0n) is 5.83. The van der Waals surface area contributed by atoms with E-state index in [2.05, 4.69) is 0 Å². The van der Waals surface area contributed by atoms with Gasteiger partial charge in [-0.3, -0.25) is 4.79 Å². The van der Waals surface area contributed by atoms with Gasteiger partial charge in [0.1, 0.15) is 6.29 Å². The molecule has 0 spiro atoms. The van der Waals surface area contributed by atoms with Gasteiger partial charge in [0.25, 0.3) is 0 Å². The fourth-order valence-corrected chi connectivity index (χ4v) is 0.959. The molecule has 1 aromatic carbocycles. The molecule has 0 fully saturated rings. The number of hydrogen-bond donors (Lipinski definition) is 0. The third kappa shape index (κ3) is 2.56. The molecule has 1 nitrogen and oxygen atoms in total. The number of benzene rings is 1. The summed E-state index contributed by atoms with van der Waals surface area (Å²) in [5.41, 5.74) is 0.935. The van der Waals surface area contributed by atoms with Crippen LogP contribution in [0, 0.1) is 0 Å². The van der Waals surface area contributed by atoms with Crippen LogP contribution in [0.15, 0.2) is 30.3 Å². The highest BCUT2D eigenvalue weighted by Gasteiger charge is 1.86. The van der Waals surface area contributed by atoms with E-state index in [1.165, 1.54) is 6.08 Å². The highest BCUT2D eigenvalue weighted by Crippen LogP contribution is 2.11. The average Bonchev–Trinajstić information content (AvgIpc) is 2.01. The van der Waals surface area contributed by atoms with E-state index in [1.807, 2.05) is 12.1 Å². The topological polar surface area (TPSA) is 17.1 Å². The van der Waals surface area contributed by atoms with Crippen LogP contribution in [0.4, 0.5) is 0 Å². The molecular formula is C9H7ClO. The third-order valence-corrected chi connectivity index (χ3v) is 1.45. The minimum Gasteiger partial charge on any atom is -0.299 e. The summed E-state index contributed by atoms with van der Waals surface area (Å²) < 4.78 is 0. The Hall–Kier alpha value is -1.08. The lowest BCUT2D eigenvalue weighted by Crippen LogP contribution is -1.70. The Labute approximate surface area is 70.3 Å². The van der Waals surface area contributed by atoms with Crippen LogP contribution < -0.4 is 0 Å². The summed E-state index contributed by atoms with van der Waals surface area (Å²) in [6.07, 6.45) is 3.88. The summed E-state index contributed by atoms with van der Waals surface area (Å²) in [7, 11) is 0. The largest absolute Gasteiger partial charge is 0.299 e. The maximum atomic E-state index is 9.94. The molecule has 0 aliphatic rings. The van der Waals surface area contributed by atoms with E-state index < -0.39 is 0 Å². The Bertz CT molecular complexity index is 279. The molecule has 0 unspecified atom stereocenters. The van der Waals surface area contributed by atoms with E-state index in [4.69, 9.17) is 11.6 Å². The van der Waals surface area contributed by atoms with Gasteiger partial charge in [-0.05, 0) is 23.8 Å². The second-order valence-corrected chi connectivity index (χ2v) is 2.49. The predicted molar refractivity (Wildman–Crippen MR) is 46.6 cm³/mol. The van der Waals surface area contributed by atoms with Crippen molar-refractivity contribution in [3.63, 3.8) is 0 Å². The van der Waals surface area contributed by atoms with Gasteiger partial charge >= 0.3 is 0 Å². The zero-order valence-corrected chi connectivity index (χ0v) is 6.58. The van der Waals surface area contributed by atoms with Crippen LogP contribution >= 0.6 is 11.6 Å². The number of rotatable bonds is 2. The first-order valence-electron chi connectivity index (χ1n) is 3.20. The molecule has 0 heterocycles. The molecule has 0 aromatic heterocycles. The second kappa shape index (κ2) is 3.94. The first-order valence-corrected chi connectivity index (χ1v) is 3.58. The molecule has 1 aromatic rings. The summed E-state index contributed by atoms with van der Waals surface area (Å²) in [5.74, 6) is 0. The minimum absolute atomic E-state index is 0.679. The smallest absolute Gasteiger partial charge is 0.142 e. The van der Waals surface area contributed by atoms with Crippen molar-refractivity contribution in [3.05, 3.63) is 40.9 Å². The van der Waals surface area contributed by atoms with Crippen molar-refractivity contribution in [1.82, 2.24) is 0 Å². The molecule has 0 atom stereocenters. The normalized spacial score (nSPS) is 10.3. The van der Waals surface area contributed by atoms with Crippen LogP contribution in [-0.2, 0) is 4.79 Å². The average molecular weight is 167 g/mol. The number of aldehydes is 1. The molecule has 0 radical (unpaired) electrons. The van der Waals surface area contributed by atoms with E-state index in [0.29, 0.717) is 5.02 Å². The number of halogens is 1. The van der Waals surface area contributed by atoms with Crippen molar-refractivity contribution in [3.8, 4) is 0 Å². The number of allylic oxidation sites excluding steroid dienone is 1. The molecule has 11 heavy (non-hydrogen) atoms. The van der Waals surface area contributed by atoms with E-state index in [1.54, 1.807) is 18.2 Å². The second-order valence-electron chi connectivity index (χ2n) is 2.05. The Kier molecular flexibility index (Phi) is 2.87. The van der Waals surface area contributed by atoms with Crippen LogP contribution in [0.1, 0.15) is 5.56 Å². The van der Waals surface area contributed by atoms with Crippen LogP contribution in [0.2, 0.25) is 5.02 Å². The standard InChI is InChI=1S/C9H7ClO/c10-9-5-1-3-8(7-9)4-2-6-11/h1-7H/b4-2-. The van der Waals surface area contributed by atoms with Crippen LogP contribution in [0.3, 0.4) is 0 Å². The molecule has 0 aliphatic heterocycles. The van der Waals surface area contributed by atoms with Crippen LogP contribution in [0.5, 0.6) is 0 Å². The van der Waals surface area contributed by atoms with Gasteiger partial charge < -0.3 is 0 Å². The van der Waals surface area contributed by atoms with Gasteiger partial charge in [0.15, 0.2) is 0 Å². The Balaban J connectivity index is 2.87. The van der Waals surface area contributed by atoms with Crippen molar-refractivity contribution >= 4 is 24.0 Å². The molecular weight excluding hydrogens is 160 g/mol. The fourth-order valence-electron chi connectivity index (χ4n) is 0.761. The summed E-state index contributed by atoms with van der Waals surface area (Å²) in [4.78, 5) is 9.94. The molecule has 2 heteroatoms. The predicted octanol–water partition coefficient (Wildman–Crippen LogP) is 2.55. The highest BCUT2D eigenvalue weighted by molar-refractivity contribution is 6.30. The molecule has 56 valence electrons. The van der Waals surface area contributed by atoms with Crippen molar-refractivity contribution in [2.24, 2.45) is 0 Å². The van der Waals surface area contributed by atoms with Crippen molar-refractivity contribution < 1.29 is 4.79 Å². The number of hydrogen-bond acceptors (Lipinski definition) is 1. The summed E-state index contributed by atoms with van der Waals surface area (Å²) >= 11 is 5.70. The lowest BCUT2D eigenvalue weighted by atomic mass is 10.2. The first-order chi connectivity index (χ1) is 5.33. The maximum Gasteiger partial charge on any atom is 0.142 e. The molecule has 0 aliphatic carbocycles. The van der Waals surface area contributed by atoms with Gasteiger partial charge in [0, 0.05) is 5.02 Å². The van der Waals surface area contributed by atoms with E-state index in [-0.39, 0.29) is 0 Å². The monoisotopic (exact) mass is 166 g/mol. The molecule has 0 bridgehead atoms. The van der Waals surface area contributed by atoms with Crippen LogP contribution in [0.25, 0.3) is 6.08 Å². The summed E-state index contributed by atoms with van der Waals surface area (Å²) in [6.45, 7) is 0. The van der Waals surface area contributed by atoms with Gasteiger partial charge in [0.2, 0.25) is 0 Å². The van der Waals surface area contributed by atoms with Crippen LogP contribution in [-0.4, -0.2) is 6.29 Å². The highest BCUT2D eigenvalue weighted by atomic mass is 35.5. The van der Waals surface area contributed by atoms with Gasteiger partial charge in [-0.1, -0.05) is 29.8 Å². The molecule has 0 saturated carbocycles. The Morgan fingerprint density at radius 3 is 2.82 bits per heavy atom. The maximum absolute atomic E-state index is 9.94. The lowest BCUT2D eigenvalue weighted by Gasteiger charge is -1.91. The summed E-state index contributed by atoms with van der Waals surface area (Å²) in [5, 5.41) is 0.679. The quantitative estimate of drug-likeness (QED) is 0.488. The molecule has 0 saturated heterocycles. The van der Waals surface area contributed by atoms with Crippen molar-refractivity contribution in [1.29, 1.82) is 0 Å². The van der Waals surface area contributed by atoms with Gasteiger partial charge in [-0.15, -0.1) is 0 Å². The van der Waals surface area contributed by atoms with E-state index >= 15 is 0 Å². The van der Waals surface area contributed by atoms with E-state index in [9.17, 15) is 4.79 Å². The minimum atomic E-state index is 0.679. The van der Waals surface area contributed by atoms with Crippen molar-refractivity contribution in [2.45, 2.75) is 0 Å². The number of carbonyl (C=O) groups is 1. The SMILES string of the molecule is O=C/C=C\c1cccc(Cl)c1. The lowest BCUT2D eigenvalue weighted by molar-refractivity contribution is -0.104. The fraction of sp³-hybridized carbons (Fsp3) is 0. The zero-order chi connectivity index (χ0) is 8.10. The molecule has 1 rings (SSSR count). The van der Waals surface area contributed by atoms with Crippen molar-refractivity contribution in [2.75, 3.05) is 0 Å². The van der Waals surface area contributed by atoms with Gasteiger partial charge in [-0.2, -0.15) is 0 Å². The number of carbonyl (C=O) groups excluding carboxylic acids is 1. The summed E-state index contributed by atoms with van der Waals surface area (Å²) in [6, 6.07) is 7.31. The molecule has 0 N–H and O–H groups in total. The van der Waals surface area contributed by atoms with Gasteiger partial charge in [0.05, 0.1) is 0 Å². The Morgan fingerprint density at radius 2 is 2.18 bits per heavy atom.